The van der Waals surface area contributed by atoms with E-state index in [0.717, 1.165) is 37.6 Å². The van der Waals surface area contributed by atoms with Crippen LogP contribution in [0, 0.1) is 0 Å². The number of benzene rings is 1. The summed E-state index contributed by atoms with van der Waals surface area (Å²) in [6.45, 7) is 4.87. The molecule has 0 atom stereocenters. The Morgan fingerprint density at radius 2 is 1.81 bits per heavy atom. The van der Waals surface area contributed by atoms with Gasteiger partial charge in [-0.3, -0.25) is 9.69 Å². The molecule has 1 spiro atoms. The van der Waals surface area contributed by atoms with Crippen molar-refractivity contribution in [1.29, 1.82) is 0 Å². The predicted molar refractivity (Wildman–Crippen MR) is 73.9 cm³/mol. The smallest absolute Gasteiger partial charge is 0.296 e. The van der Waals surface area contributed by atoms with Gasteiger partial charge in [-0.25, -0.2) is 0 Å². The number of morpholine rings is 1. The fourth-order valence-electron chi connectivity index (χ4n) is 3.28. The van der Waals surface area contributed by atoms with Crippen LogP contribution in [0.1, 0.15) is 5.56 Å². The summed E-state index contributed by atoms with van der Waals surface area (Å²) in [5.74, 6) is -1.30. The second kappa shape index (κ2) is 5.06. The van der Waals surface area contributed by atoms with E-state index in [4.69, 9.17) is 14.2 Å². The zero-order valence-electron chi connectivity index (χ0n) is 11.8. The minimum atomic E-state index is -1.21. The third-order valence-electron chi connectivity index (χ3n) is 4.35. The highest BCUT2D eigenvalue weighted by Crippen LogP contribution is 2.44. The number of amides is 1. The van der Waals surface area contributed by atoms with E-state index in [1.54, 1.807) is 4.90 Å². The highest BCUT2D eigenvalue weighted by molar-refractivity contribution is 6.06. The van der Waals surface area contributed by atoms with Gasteiger partial charge >= 0.3 is 0 Å². The third kappa shape index (κ3) is 1.98. The third-order valence-corrected chi connectivity index (χ3v) is 4.35. The minimum Gasteiger partial charge on any atom is -0.370 e. The van der Waals surface area contributed by atoms with Crippen LogP contribution in [-0.4, -0.2) is 52.1 Å². The van der Waals surface area contributed by atoms with E-state index in [1.807, 2.05) is 24.3 Å². The molecule has 3 aliphatic heterocycles. The number of para-hydroxylation sites is 1. The Hall–Kier alpha value is -1.47. The van der Waals surface area contributed by atoms with E-state index in [9.17, 15) is 4.79 Å². The summed E-state index contributed by atoms with van der Waals surface area (Å²) in [7, 11) is 0. The summed E-state index contributed by atoms with van der Waals surface area (Å²) in [4.78, 5) is 16.0. The first-order valence-corrected chi connectivity index (χ1v) is 7.42. The molecule has 2 saturated heterocycles. The van der Waals surface area contributed by atoms with Gasteiger partial charge in [0.2, 0.25) is 0 Å². The number of rotatable bonds is 2. The van der Waals surface area contributed by atoms with Gasteiger partial charge in [0, 0.05) is 5.56 Å². The topological polar surface area (TPSA) is 52.4 Å². The number of fused-ring (bicyclic) bond motifs is 2. The van der Waals surface area contributed by atoms with Gasteiger partial charge in [-0.1, -0.05) is 18.2 Å². The summed E-state index contributed by atoms with van der Waals surface area (Å²) >= 11 is 0. The molecule has 21 heavy (non-hydrogen) atoms. The molecule has 0 bridgehead atoms. The van der Waals surface area contributed by atoms with E-state index in [1.165, 1.54) is 4.90 Å². The van der Waals surface area contributed by atoms with Crippen molar-refractivity contribution in [2.45, 2.75) is 5.79 Å². The van der Waals surface area contributed by atoms with Crippen molar-refractivity contribution >= 4 is 11.6 Å². The molecule has 1 aromatic carbocycles. The van der Waals surface area contributed by atoms with Crippen LogP contribution >= 0.6 is 0 Å². The number of ether oxygens (including phenoxy) is 3. The maximum atomic E-state index is 12.9. The number of anilines is 1. The van der Waals surface area contributed by atoms with Gasteiger partial charge in [0.25, 0.3) is 11.7 Å². The number of nitrogens with one attached hydrogen (secondary N) is 1. The van der Waals surface area contributed by atoms with Gasteiger partial charge in [-0.15, -0.1) is 0 Å². The summed E-state index contributed by atoms with van der Waals surface area (Å²) in [6.07, 6.45) is 0. The second-order valence-corrected chi connectivity index (χ2v) is 5.58. The Morgan fingerprint density at radius 3 is 2.57 bits per heavy atom. The van der Waals surface area contributed by atoms with Gasteiger partial charge in [0.15, 0.2) is 6.67 Å². The summed E-state index contributed by atoms with van der Waals surface area (Å²) in [5, 5.41) is 0. The first-order chi connectivity index (χ1) is 10.3. The molecule has 6 nitrogen and oxygen atoms in total. The zero-order valence-corrected chi connectivity index (χ0v) is 11.8. The fourth-order valence-corrected chi connectivity index (χ4v) is 3.28. The van der Waals surface area contributed by atoms with Crippen LogP contribution in [0.15, 0.2) is 24.3 Å². The molecule has 3 heterocycles. The van der Waals surface area contributed by atoms with Crippen molar-refractivity contribution in [3.8, 4) is 0 Å². The van der Waals surface area contributed by atoms with Crippen LogP contribution in [0.3, 0.4) is 0 Å². The Labute approximate surface area is 123 Å². The van der Waals surface area contributed by atoms with Crippen molar-refractivity contribution in [3.05, 3.63) is 29.8 Å². The van der Waals surface area contributed by atoms with E-state index in [-0.39, 0.29) is 5.91 Å². The summed E-state index contributed by atoms with van der Waals surface area (Å²) in [6, 6.07) is 7.76. The van der Waals surface area contributed by atoms with Crippen molar-refractivity contribution < 1.29 is 23.9 Å². The van der Waals surface area contributed by atoms with E-state index < -0.39 is 5.79 Å². The highest BCUT2D eigenvalue weighted by Gasteiger charge is 2.56. The minimum absolute atomic E-state index is 0.0970. The maximum absolute atomic E-state index is 12.9. The van der Waals surface area contributed by atoms with Crippen LogP contribution < -0.4 is 9.80 Å². The molecule has 0 unspecified atom stereocenters. The summed E-state index contributed by atoms with van der Waals surface area (Å²) in [5.41, 5.74) is 1.74. The fraction of sp³-hybridized carbons (Fsp3) is 0.533. The molecule has 6 heteroatoms. The lowest BCUT2D eigenvalue weighted by Gasteiger charge is -2.28. The number of quaternary nitrogens is 1. The molecule has 0 saturated carbocycles. The SMILES string of the molecule is O=C1N(C[NH+]2CCOCC2)c2ccccc2C12OCCO2. The van der Waals surface area contributed by atoms with Crippen molar-refractivity contribution in [2.75, 3.05) is 51.1 Å². The van der Waals surface area contributed by atoms with Crippen LogP contribution in [0.25, 0.3) is 0 Å². The molecule has 1 amide bonds. The van der Waals surface area contributed by atoms with E-state index in [2.05, 4.69) is 0 Å². The lowest BCUT2D eigenvalue weighted by molar-refractivity contribution is -0.906. The van der Waals surface area contributed by atoms with Crippen LogP contribution in [0.2, 0.25) is 0 Å². The normalized spacial score (nSPS) is 24.8. The van der Waals surface area contributed by atoms with Crippen LogP contribution in [-0.2, 0) is 24.8 Å². The first-order valence-electron chi connectivity index (χ1n) is 7.42. The highest BCUT2D eigenvalue weighted by atomic mass is 16.7. The Balaban J connectivity index is 1.66. The number of nitrogens with zero attached hydrogens (tertiary/aromatic N) is 1. The molecule has 0 aliphatic carbocycles. The lowest BCUT2D eigenvalue weighted by Crippen LogP contribution is -3.15. The van der Waals surface area contributed by atoms with Gasteiger partial charge in [0.1, 0.15) is 13.1 Å². The second-order valence-electron chi connectivity index (χ2n) is 5.58. The zero-order chi connectivity index (χ0) is 14.3. The Bertz CT molecular complexity index is 550. The molecule has 0 aromatic heterocycles. The van der Waals surface area contributed by atoms with Crippen molar-refractivity contribution in [1.82, 2.24) is 0 Å². The largest absolute Gasteiger partial charge is 0.370 e. The Morgan fingerprint density at radius 1 is 1.10 bits per heavy atom. The monoisotopic (exact) mass is 291 g/mol. The molecule has 2 fully saturated rings. The predicted octanol–water partition coefficient (Wildman–Crippen LogP) is -0.895. The molecular weight excluding hydrogens is 272 g/mol. The number of carbonyl (C=O) groups excluding carboxylic acids is 1. The molecule has 112 valence electrons. The average Bonchev–Trinajstić information content (AvgIpc) is 3.11. The molecular formula is C15H19N2O4+. The quantitative estimate of drug-likeness (QED) is 0.768. The standard InChI is InChI=1S/C15H18N2O4/c18-14-15(20-9-10-21-15)12-3-1-2-4-13(12)17(14)11-16-5-7-19-8-6-16/h1-4H,5-11H2/p+1. The van der Waals surface area contributed by atoms with Gasteiger partial charge in [-0.2, -0.15) is 0 Å². The lowest BCUT2D eigenvalue weighted by atomic mass is 10.1. The number of carbonyl (C=O) groups is 1. The van der Waals surface area contributed by atoms with Crippen molar-refractivity contribution in [3.63, 3.8) is 0 Å². The van der Waals surface area contributed by atoms with Gasteiger partial charge in [0.05, 0.1) is 32.1 Å². The van der Waals surface area contributed by atoms with Crippen molar-refractivity contribution in [2.24, 2.45) is 0 Å². The number of hydrogen-bond donors (Lipinski definition) is 1. The molecule has 4 rings (SSSR count). The van der Waals surface area contributed by atoms with Crippen LogP contribution in [0.4, 0.5) is 5.69 Å². The van der Waals surface area contributed by atoms with Crippen LogP contribution in [0.5, 0.6) is 0 Å². The summed E-state index contributed by atoms with van der Waals surface area (Å²) < 4.78 is 16.8. The van der Waals surface area contributed by atoms with Gasteiger partial charge < -0.3 is 19.1 Å². The Kier molecular flexibility index (Phi) is 3.19. The maximum Gasteiger partial charge on any atom is 0.296 e. The van der Waals surface area contributed by atoms with Gasteiger partial charge in [-0.05, 0) is 6.07 Å². The molecule has 1 N–H and O–H groups in total. The average molecular weight is 291 g/mol. The molecule has 3 aliphatic rings. The van der Waals surface area contributed by atoms with E-state index >= 15 is 0 Å². The van der Waals surface area contributed by atoms with E-state index in [0.29, 0.717) is 19.9 Å². The number of hydrogen-bond acceptors (Lipinski definition) is 4. The molecule has 0 radical (unpaired) electrons. The first kappa shape index (κ1) is 13.2. The molecule has 1 aromatic rings.